The van der Waals surface area contributed by atoms with Crippen LogP contribution >= 0.6 is 24.0 Å². The predicted molar refractivity (Wildman–Crippen MR) is 120 cm³/mol. The van der Waals surface area contributed by atoms with Gasteiger partial charge in [0.1, 0.15) is 5.82 Å². The number of benzene rings is 1. The first-order valence-electron chi connectivity index (χ1n) is 10.3. The van der Waals surface area contributed by atoms with Gasteiger partial charge in [0.15, 0.2) is 5.96 Å². The van der Waals surface area contributed by atoms with E-state index < -0.39 is 0 Å². The van der Waals surface area contributed by atoms with Crippen LogP contribution in [0.4, 0.5) is 10.1 Å². The average Bonchev–Trinajstić information content (AvgIpc) is 3.07. The topological polar surface area (TPSA) is 40.1 Å². The maximum absolute atomic E-state index is 14.1. The Bertz CT molecular complexity index is 733. The van der Waals surface area contributed by atoms with Gasteiger partial charge in [-0.1, -0.05) is 18.6 Å². The number of para-hydroxylation sites is 1. The highest BCUT2D eigenvalue weighted by atomic mass is 127. The van der Waals surface area contributed by atoms with Gasteiger partial charge in [0.25, 0.3) is 0 Å². The first-order chi connectivity index (χ1) is 13.2. The molecular weight excluding hydrogens is 470 g/mol. The van der Waals surface area contributed by atoms with Gasteiger partial charge in [0.2, 0.25) is 0 Å². The fourth-order valence-corrected chi connectivity index (χ4v) is 5.76. The lowest BCUT2D eigenvalue weighted by atomic mass is 9.46. The van der Waals surface area contributed by atoms with Crippen molar-refractivity contribution in [1.29, 1.82) is 0 Å². The predicted octanol–water partition coefficient (Wildman–Crippen LogP) is 3.10. The van der Waals surface area contributed by atoms with Crippen LogP contribution in [0.15, 0.2) is 29.3 Å². The number of hydrogen-bond acceptors (Lipinski definition) is 3. The normalized spacial score (nSPS) is 30.9. The van der Waals surface area contributed by atoms with Crippen molar-refractivity contribution in [1.82, 2.24) is 10.2 Å². The Labute approximate surface area is 183 Å². The summed E-state index contributed by atoms with van der Waals surface area (Å²) in [6, 6.07) is 7.56. The molecule has 154 valence electrons. The minimum atomic E-state index is -0.137. The minimum absolute atomic E-state index is 0. The third-order valence-corrected chi connectivity index (χ3v) is 7.30. The number of halogens is 2. The summed E-state index contributed by atoms with van der Waals surface area (Å²) in [5.41, 5.74) is 1.06. The van der Waals surface area contributed by atoms with E-state index in [4.69, 9.17) is 4.74 Å². The third-order valence-electron chi connectivity index (χ3n) is 7.30. The monoisotopic (exact) mass is 500 g/mol. The molecule has 5 nitrogen and oxygen atoms in total. The molecule has 1 spiro atoms. The van der Waals surface area contributed by atoms with Crippen LogP contribution in [-0.4, -0.2) is 62.8 Å². The maximum atomic E-state index is 14.1. The third kappa shape index (κ3) is 3.09. The van der Waals surface area contributed by atoms with E-state index in [1.54, 1.807) is 6.07 Å². The van der Waals surface area contributed by atoms with Gasteiger partial charge in [-0.15, -0.1) is 24.0 Å². The summed E-state index contributed by atoms with van der Waals surface area (Å²) in [4.78, 5) is 9.05. The van der Waals surface area contributed by atoms with Gasteiger partial charge >= 0.3 is 0 Å². The summed E-state index contributed by atoms with van der Waals surface area (Å²) in [7, 11) is 1.88. The fourth-order valence-electron chi connectivity index (χ4n) is 5.76. The van der Waals surface area contributed by atoms with Crippen LogP contribution in [0.1, 0.15) is 25.7 Å². The van der Waals surface area contributed by atoms with Gasteiger partial charge in [-0.2, -0.15) is 0 Å². The van der Waals surface area contributed by atoms with Gasteiger partial charge in [-0.05, 0) is 31.4 Å². The number of fused-ring (bicyclic) bond motifs is 2. The molecule has 2 saturated carbocycles. The second-order valence-electron chi connectivity index (χ2n) is 8.43. The highest BCUT2D eigenvalue weighted by Gasteiger charge is 2.66. The van der Waals surface area contributed by atoms with Crippen molar-refractivity contribution in [2.45, 2.75) is 37.8 Å². The molecule has 0 aromatic heterocycles. The minimum Gasteiger partial charge on any atom is -0.377 e. The summed E-state index contributed by atoms with van der Waals surface area (Å²) in [5.74, 6) is 1.51. The lowest BCUT2D eigenvalue weighted by Crippen LogP contribution is -2.73. The molecule has 1 aromatic rings. The van der Waals surface area contributed by atoms with Gasteiger partial charge in [-0.25, -0.2) is 4.39 Å². The maximum Gasteiger partial charge on any atom is 0.194 e. The molecule has 3 unspecified atom stereocenters. The van der Waals surface area contributed by atoms with Crippen LogP contribution in [0.5, 0.6) is 0 Å². The Kier molecular flexibility index (Phi) is 5.75. The number of guanidine groups is 1. The van der Waals surface area contributed by atoms with Gasteiger partial charge in [-0.3, -0.25) is 4.99 Å². The van der Waals surface area contributed by atoms with E-state index in [1.807, 2.05) is 19.2 Å². The summed E-state index contributed by atoms with van der Waals surface area (Å²) in [5, 5.41) is 3.81. The molecule has 2 aliphatic heterocycles. The lowest BCUT2D eigenvalue weighted by molar-refractivity contribution is -0.171. The van der Waals surface area contributed by atoms with Crippen molar-refractivity contribution in [3.05, 3.63) is 30.1 Å². The highest BCUT2D eigenvalue weighted by molar-refractivity contribution is 14.0. The van der Waals surface area contributed by atoms with Crippen molar-refractivity contribution in [3.8, 4) is 0 Å². The molecule has 4 aliphatic rings. The molecule has 2 saturated heterocycles. The first kappa shape index (κ1) is 20.2. The number of anilines is 1. The van der Waals surface area contributed by atoms with Crippen LogP contribution in [0.25, 0.3) is 0 Å². The lowest BCUT2D eigenvalue weighted by Gasteiger charge is -2.63. The van der Waals surface area contributed by atoms with Gasteiger partial charge < -0.3 is 19.9 Å². The average molecular weight is 500 g/mol. The quantitative estimate of drug-likeness (QED) is 0.385. The van der Waals surface area contributed by atoms with Crippen LogP contribution in [0.3, 0.4) is 0 Å². The van der Waals surface area contributed by atoms with Crippen LogP contribution < -0.4 is 10.2 Å². The van der Waals surface area contributed by atoms with Crippen LogP contribution in [-0.2, 0) is 4.74 Å². The molecule has 4 fully saturated rings. The Morgan fingerprint density at radius 3 is 2.61 bits per heavy atom. The van der Waals surface area contributed by atoms with Crippen molar-refractivity contribution in [3.63, 3.8) is 0 Å². The standard InChI is InChI=1S/C21H29FN4O.HI/c1-23-20(24-18-15-7-14-27-19(15)21(18)8-4-9-21)26-12-10-25(11-13-26)17-6-3-2-5-16(17)22;/h2-3,5-6,15,18-19H,4,7-14H2,1H3,(H,23,24);1H. The van der Waals surface area contributed by atoms with Crippen LogP contribution in [0.2, 0.25) is 0 Å². The SMILES string of the molecule is CN=C(NC1C2CCOC2C12CCC2)N1CCN(c2ccccc2F)CC1.I. The van der Waals surface area contributed by atoms with E-state index in [2.05, 4.69) is 20.1 Å². The number of rotatable bonds is 2. The van der Waals surface area contributed by atoms with Crippen LogP contribution in [0, 0.1) is 17.2 Å². The second-order valence-corrected chi connectivity index (χ2v) is 8.43. The van der Waals surface area contributed by atoms with Crippen molar-refractivity contribution in [2.75, 3.05) is 44.7 Å². The zero-order chi connectivity index (χ0) is 18.4. The van der Waals surface area contributed by atoms with Crippen molar-refractivity contribution in [2.24, 2.45) is 16.3 Å². The zero-order valence-corrected chi connectivity index (χ0v) is 18.8. The molecule has 1 aromatic carbocycles. The van der Waals surface area contributed by atoms with E-state index in [-0.39, 0.29) is 29.8 Å². The number of ether oxygens (including phenoxy) is 1. The van der Waals surface area contributed by atoms with Crippen molar-refractivity contribution >= 4 is 35.6 Å². The molecule has 3 atom stereocenters. The highest BCUT2D eigenvalue weighted by Crippen LogP contribution is 2.62. The molecule has 0 bridgehead atoms. The molecule has 2 heterocycles. The number of piperazine rings is 1. The Morgan fingerprint density at radius 1 is 1.21 bits per heavy atom. The Hall–Kier alpha value is -1.09. The number of nitrogens with one attached hydrogen (secondary N) is 1. The number of nitrogens with zero attached hydrogens (tertiary/aromatic N) is 3. The number of hydrogen-bond donors (Lipinski definition) is 1. The molecular formula is C21H30FIN4O. The first-order valence-corrected chi connectivity index (χ1v) is 10.3. The molecule has 5 rings (SSSR count). The molecule has 7 heteroatoms. The molecule has 0 amide bonds. The van der Waals surface area contributed by atoms with Gasteiger partial charge in [0.05, 0.1) is 11.8 Å². The zero-order valence-electron chi connectivity index (χ0n) is 16.4. The van der Waals surface area contributed by atoms with Gasteiger partial charge in [0, 0.05) is 57.2 Å². The van der Waals surface area contributed by atoms with E-state index in [9.17, 15) is 4.39 Å². The van der Waals surface area contributed by atoms with E-state index in [1.165, 1.54) is 31.7 Å². The largest absolute Gasteiger partial charge is 0.377 e. The Morgan fingerprint density at radius 2 is 1.96 bits per heavy atom. The fraction of sp³-hybridized carbons (Fsp3) is 0.667. The molecule has 2 aliphatic carbocycles. The molecule has 28 heavy (non-hydrogen) atoms. The van der Waals surface area contributed by atoms with E-state index >= 15 is 0 Å². The van der Waals surface area contributed by atoms with E-state index in [0.717, 1.165) is 38.7 Å². The summed E-state index contributed by atoms with van der Waals surface area (Å²) < 4.78 is 20.1. The summed E-state index contributed by atoms with van der Waals surface area (Å²) in [6.45, 7) is 4.25. The molecule has 0 radical (unpaired) electrons. The second kappa shape index (κ2) is 7.97. The summed E-state index contributed by atoms with van der Waals surface area (Å²) in [6.07, 6.45) is 5.53. The van der Waals surface area contributed by atoms with E-state index in [0.29, 0.717) is 29.2 Å². The Balaban J connectivity index is 0.00000192. The smallest absolute Gasteiger partial charge is 0.194 e. The number of aliphatic imine (C=N–C) groups is 1. The van der Waals surface area contributed by atoms with Crippen molar-refractivity contribution < 1.29 is 9.13 Å². The summed E-state index contributed by atoms with van der Waals surface area (Å²) >= 11 is 0. The molecule has 1 N–H and O–H groups in total.